The summed E-state index contributed by atoms with van der Waals surface area (Å²) < 4.78 is 10.2. The predicted molar refractivity (Wildman–Crippen MR) is 99.6 cm³/mol. The Labute approximate surface area is 158 Å². The topological polar surface area (TPSA) is 120 Å². The van der Waals surface area contributed by atoms with Gasteiger partial charge in [0.25, 0.3) is 5.69 Å². The van der Waals surface area contributed by atoms with Gasteiger partial charge in [0.2, 0.25) is 0 Å². The van der Waals surface area contributed by atoms with Gasteiger partial charge < -0.3 is 20.1 Å². The molecule has 0 saturated carbocycles. The lowest BCUT2D eigenvalue weighted by Gasteiger charge is -2.19. The number of carbonyl (C=O) groups is 2. The van der Waals surface area contributed by atoms with Gasteiger partial charge in [-0.05, 0) is 20.8 Å². The zero-order valence-electron chi connectivity index (χ0n) is 16.1. The van der Waals surface area contributed by atoms with E-state index >= 15 is 0 Å². The minimum atomic E-state index is -0.625. The van der Waals surface area contributed by atoms with Crippen LogP contribution in [-0.4, -0.2) is 48.8 Å². The lowest BCUT2D eigenvalue weighted by molar-refractivity contribution is -0.385. The van der Waals surface area contributed by atoms with Crippen LogP contribution in [-0.2, 0) is 14.3 Å². The lowest BCUT2D eigenvalue weighted by atomic mass is 10.0. The fourth-order valence-electron chi connectivity index (χ4n) is 2.23. The lowest BCUT2D eigenvalue weighted by Crippen LogP contribution is -2.36. The molecule has 2 N–H and O–H groups in total. The van der Waals surface area contributed by atoms with Crippen molar-refractivity contribution in [3.63, 3.8) is 0 Å². The maximum absolute atomic E-state index is 11.7. The third-order valence-electron chi connectivity index (χ3n) is 3.39. The van der Waals surface area contributed by atoms with Crippen LogP contribution in [0, 0.1) is 10.1 Å². The highest BCUT2D eigenvalue weighted by atomic mass is 16.6. The number of ether oxygens (including phenoxy) is 2. The van der Waals surface area contributed by atoms with Gasteiger partial charge in [-0.3, -0.25) is 14.9 Å². The molecular weight excluding hydrogens is 354 g/mol. The summed E-state index contributed by atoms with van der Waals surface area (Å²) >= 11 is 0. The summed E-state index contributed by atoms with van der Waals surface area (Å²) in [6.45, 7) is 7.80. The number of hydrogen-bond acceptors (Lipinski definition) is 7. The number of rotatable bonds is 9. The molecule has 1 aromatic rings. The van der Waals surface area contributed by atoms with Gasteiger partial charge in [-0.2, -0.15) is 0 Å². The van der Waals surface area contributed by atoms with E-state index in [4.69, 9.17) is 9.47 Å². The van der Waals surface area contributed by atoms with Crippen molar-refractivity contribution in [2.45, 2.75) is 39.2 Å². The summed E-state index contributed by atoms with van der Waals surface area (Å²) in [5.41, 5.74) is -0.0274. The van der Waals surface area contributed by atoms with Gasteiger partial charge in [0, 0.05) is 30.6 Å². The second-order valence-electron chi connectivity index (χ2n) is 7.01. The molecule has 0 aliphatic carbocycles. The van der Waals surface area contributed by atoms with Crippen molar-refractivity contribution in [1.29, 1.82) is 0 Å². The number of nitro groups is 1. The summed E-state index contributed by atoms with van der Waals surface area (Å²) in [4.78, 5) is 33.8. The van der Waals surface area contributed by atoms with Gasteiger partial charge in [-0.25, -0.2) is 4.79 Å². The molecular formula is C18H27N3O6. The smallest absolute Gasteiger partial charge is 0.407 e. The van der Waals surface area contributed by atoms with E-state index in [0.717, 1.165) is 0 Å². The first-order chi connectivity index (χ1) is 12.6. The normalized spacial score (nSPS) is 12.1. The van der Waals surface area contributed by atoms with Crippen molar-refractivity contribution in [1.82, 2.24) is 10.6 Å². The number of alkyl carbamates (subject to hydrolysis) is 1. The maximum atomic E-state index is 11.7. The second-order valence-corrected chi connectivity index (χ2v) is 7.01. The molecule has 1 rings (SSSR count). The van der Waals surface area contributed by atoms with Crippen LogP contribution in [0.2, 0.25) is 0 Å². The number of amides is 1. The fraction of sp³-hybridized carbons (Fsp3) is 0.556. The molecule has 0 saturated heterocycles. The number of carbonyl (C=O) groups excluding carboxylic acids is 2. The van der Waals surface area contributed by atoms with Gasteiger partial charge in [0.05, 0.1) is 11.5 Å². The molecule has 0 fully saturated rings. The molecule has 1 atom stereocenters. The van der Waals surface area contributed by atoms with Gasteiger partial charge in [0.1, 0.15) is 12.2 Å². The molecule has 0 aromatic heterocycles. The molecule has 27 heavy (non-hydrogen) atoms. The highest BCUT2D eigenvalue weighted by Crippen LogP contribution is 2.26. The van der Waals surface area contributed by atoms with Crippen molar-refractivity contribution in [3.05, 3.63) is 39.9 Å². The first kappa shape index (κ1) is 22.4. The van der Waals surface area contributed by atoms with Gasteiger partial charge in [0.15, 0.2) is 0 Å². The van der Waals surface area contributed by atoms with Gasteiger partial charge >= 0.3 is 12.1 Å². The van der Waals surface area contributed by atoms with Crippen LogP contribution >= 0.6 is 0 Å². The van der Waals surface area contributed by atoms with E-state index in [0.29, 0.717) is 12.1 Å². The Morgan fingerprint density at radius 2 is 1.89 bits per heavy atom. The molecule has 0 aliphatic rings. The molecule has 0 heterocycles. The second kappa shape index (κ2) is 10.5. The van der Waals surface area contributed by atoms with Crippen LogP contribution in [0.1, 0.15) is 39.2 Å². The molecule has 9 nitrogen and oxygen atoms in total. The van der Waals surface area contributed by atoms with Crippen molar-refractivity contribution in [2.75, 3.05) is 26.2 Å². The zero-order chi connectivity index (χ0) is 20.4. The SMILES string of the molecule is CC(COC(=O)NCCNCC(=O)OC(C)(C)C)c1ccccc1[N+](=O)[O-]. The van der Waals surface area contributed by atoms with Crippen LogP contribution in [0.4, 0.5) is 10.5 Å². The Bertz CT molecular complexity index is 657. The highest BCUT2D eigenvalue weighted by molar-refractivity contribution is 5.72. The van der Waals surface area contributed by atoms with Crippen molar-refractivity contribution in [3.8, 4) is 0 Å². The van der Waals surface area contributed by atoms with Crippen LogP contribution in [0.3, 0.4) is 0 Å². The van der Waals surface area contributed by atoms with Crippen LogP contribution in [0.25, 0.3) is 0 Å². The summed E-state index contributed by atoms with van der Waals surface area (Å²) in [5.74, 6) is -0.689. The number of nitrogens with one attached hydrogen (secondary N) is 2. The Morgan fingerprint density at radius 1 is 1.22 bits per heavy atom. The number of benzene rings is 1. The Balaban J connectivity index is 2.26. The minimum absolute atomic E-state index is 0.000325. The van der Waals surface area contributed by atoms with Gasteiger partial charge in [-0.15, -0.1) is 0 Å². The molecule has 0 spiro atoms. The fourth-order valence-corrected chi connectivity index (χ4v) is 2.23. The molecule has 9 heteroatoms. The van der Waals surface area contributed by atoms with Crippen LogP contribution < -0.4 is 10.6 Å². The van der Waals surface area contributed by atoms with Crippen LogP contribution in [0.5, 0.6) is 0 Å². The Hall–Kier alpha value is -2.68. The van der Waals surface area contributed by atoms with E-state index in [-0.39, 0.29) is 37.3 Å². The van der Waals surface area contributed by atoms with E-state index in [1.54, 1.807) is 45.9 Å². The zero-order valence-corrected chi connectivity index (χ0v) is 16.1. The number of esters is 1. The molecule has 0 bridgehead atoms. The summed E-state index contributed by atoms with van der Waals surface area (Å²) in [5, 5.41) is 16.4. The maximum Gasteiger partial charge on any atom is 0.407 e. The summed E-state index contributed by atoms with van der Waals surface area (Å²) in [6, 6.07) is 6.36. The van der Waals surface area contributed by atoms with E-state index < -0.39 is 16.6 Å². The van der Waals surface area contributed by atoms with Crippen molar-refractivity contribution < 1.29 is 24.0 Å². The van der Waals surface area contributed by atoms with Gasteiger partial charge in [-0.1, -0.05) is 25.1 Å². The van der Waals surface area contributed by atoms with E-state index in [9.17, 15) is 19.7 Å². The van der Waals surface area contributed by atoms with E-state index in [1.165, 1.54) is 6.07 Å². The first-order valence-corrected chi connectivity index (χ1v) is 8.66. The summed E-state index contributed by atoms with van der Waals surface area (Å²) in [6.07, 6.45) is -0.625. The third kappa shape index (κ3) is 9.00. The third-order valence-corrected chi connectivity index (χ3v) is 3.39. The minimum Gasteiger partial charge on any atom is -0.459 e. The summed E-state index contributed by atoms with van der Waals surface area (Å²) in [7, 11) is 0. The highest BCUT2D eigenvalue weighted by Gasteiger charge is 2.19. The van der Waals surface area contributed by atoms with E-state index in [2.05, 4.69) is 10.6 Å². The number of nitro benzene ring substituents is 1. The molecule has 0 aliphatic heterocycles. The van der Waals surface area contributed by atoms with Crippen LogP contribution in [0.15, 0.2) is 24.3 Å². The largest absolute Gasteiger partial charge is 0.459 e. The standard InChI is InChI=1S/C18H27N3O6/c1-13(14-7-5-6-8-15(14)21(24)25)12-26-17(23)20-10-9-19-11-16(22)27-18(2,3)4/h5-8,13,19H,9-12H2,1-4H3,(H,20,23). The van der Waals surface area contributed by atoms with Crippen molar-refractivity contribution >= 4 is 17.7 Å². The molecule has 150 valence electrons. The molecule has 1 amide bonds. The number of para-hydroxylation sites is 1. The molecule has 0 radical (unpaired) electrons. The number of hydrogen-bond donors (Lipinski definition) is 2. The molecule has 1 unspecified atom stereocenters. The average Bonchev–Trinajstić information content (AvgIpc) is 2.57. The van der Waals surface area contributed by atoms with Crippen molar-refractivity contribution in [2.24, 2.45) is 0 Å². The average molecular weight is 381 g/mol. The Kier molecular flexibility index (Phi) is 8.67. The number of nitrogens with zero attached hydrogens (tertiary/aromatic N) is 1. The van der Waals surface area contributed by atoms with E-state index in [1.807, 2.05) is 0 Å². The Morgan fingerprint density at radius 3 is 2.52 bits per heavy atom. The predicted octanol–water partition coefficient (Wildman–Crippen LogP) is 2.36. The monoisotopic (exact) mass is 381 g/mol. The quantitative estimate of drug-likeness (QED) is 0.291. The molecule has 1 aromatic carbocycles. The first-order valence-electron chi connectivity index (χ1n) is 8.66.